The predicted octanol–water partition coefficient (Wildman–Crippen LogP) is 1.18. The number of amides is 3. The fourth-order valence-electron chi connectivity index (χ4n) is 2.77. The number of hydroxylamine groups is 2. The molecule has 2 heterocycles. The third-order valence-electron chi connectivity index (χ3n) is 4.04. The van der Waals surface area contributed by atoms with E-state index in [1.54, 1.807) is 12.1 Å². The number of imide groups is 1. The number of fused-ring (bicyclic) bond motifs is 2. The van der Waals surface area contributed by atoms with Crippen LogP contribution in [0.1, 0.15) is 41.4 Å². The number of carbonyl (C=O) groups is 4. The number of nitrogens with zero attached hydrogens (tertiary/aromatic N) is 1. The Bertz CT molecular complexity index is 933. The molecule has 8 heteroatoms. The standard InChI is InChI=1S/C18H12N2O6/c21-15-13-9-10(5-6-14(13)25-8-7-19-15)18(24)26-20-16(22)11-3-1-2-4-12(11)17(20)23/h1-6,9H,7-8H2,(H,19,21). The molecule has 2 aliphatic heterocycles. The van der Waals surface area contributed by atoms with Crippen LogP contribution in [-0.2, 0) is 4.84 Å². The molecule has 2 aromatic rings. The van der Waals surface area contributed by atoms with E-state index in [0.717, 1.165) is 0 Å². The van der Waals surface area contributed by atoms with E-state index in [4.69, 9.17) is 9.57 Å². The zero-order valence-electron chi connectivity index (χ0n) is 13.4. The van der Waals surface area contributed by atoms with Gasteiger partial charge in [0.25, 0.3) is 17.7 Å². The topological polar surface area (TPSA) is 102 Å². The zero-order chi connectivity index (χ0) is 18.3. The van der Waals surface area contributed by atoms with Crippen molar-refractivity contribution >= 4 is 23.7 Å². The molecule has 0 aliphatic carbocycles. The lowest BCUT2D eigenvalue weighted by Crippen LogP contribution is -2.32. The fraction of sp³-hybridized carbons (Fsp3) is 0.111. The van der Waals surface area contributed by atoms with Crippen molar-refractivity contribution in [1.29, 1.82) is 0 Å². The van der Waals surface area contributed by atoms with E-state index in [9.17, 15) is 19.2 Å². The summed E-state index contributed by atoms with van der Waals surface area (Å²) in [5.74, 6) is -2.39. The van der Waals surface area contributed by atoms with Crippen LogP contribution in [-0.4, -0.2) is 41.9 Å². The summed E-state index contributed by atoms with van der Waals surface area (Å²) in [7, 11) is 0. The van der Waals surface area contributed by atoms with Gasteiger partial charge in [-0.15, -0.1) is 0 Å². The van der Waals surface area contributed by atoms with Crippen LogP contribution < -0.4 is 10.1 Å². The maximum Gasteiger partial charge on any atom is 0.363 e. The van der Waals surface area contributed by atoms with E-state index in [-0.39, 0.29) is 28.2 Å². The number of rotatable bonds is 2. The average Bonchev–Trinajstić information content (AvgIpc) is 2.80. The van der Waals surface area contributed by atoms with E-state index < -0.39 is 17.8 Å². The van der Waals surface area contributed by atoms with E-state index in [1.807, 2.05) is 0 Å². The van der Waals surface area contributed by atoms with Crippen LogP contribution in [0, 0.1) is 0 Å². The highest BCUT2D eigenvalue weighted by atomic mass is 16.7. The molecule has 0 spiro atoms. The van der Waals surface area contributed by atoms with Crippen molar-refractivity contribution in [3.63, 3.8) is 0 Å². The second-order valence-electron chi connectivity index (χ2n) is 5.64. The van der Waals surface area contributed by atoms with E-state index in [1.165, 1.54) is 30.3 Å². The van der Waals surface area contributed by atoms with Gasteiger partial charge < -0.3 is 14.9 Å². The molecule has 8 nitrogen and oxygen atoms in total. The summed E-state index contributed by atoms with van der Waals surface area (Å²) in [6, 6.07) is 10.4. The Hall–Kier alpha value is -3.68. The summed E-state index contributed by atoms with van der Waals surface area (Å²) in [6.07, 6.45) is 0. The first-order chi connectivity index (χ1) is 12.6. The Morgan fingerprint density at radius 2 is 1.69 bits per heavy atom. The molecule has 0 saturated carbocycles. The first-order valence-corrected chi connectivity index (χ1v) is 7.81. The van der Waals surface area contributed by atoms with Gasteiger partial charge in [-0.25, -0.2) is 4.79 Å². The van der Waals surface area contributed by atoms with Gasteiger partial charge in [-0.3, -0.25) is 14.4 Å². The van der Waals surface area contributed by atoms with Crippen molar-refractivity contribution in [3.8, 4) is 5.75 Å². The first kappa shape index (κ1) is 15.8. The van der Waals surface area contributed by atoms with E-state index in [2.05, 4.69) is 5.32 Å². The molecule has 3 amide bonds. The number of ether oxygens (including phenoxy) is 1. The average molecular weight is 352 g/mol. The highest BCUT2D eigenvalue weighted by Gasteiger charge is 2.38. The lowest BCUT2D eigenvalue weighted by atomic mass is 10.1. The van der Waals surface area contributed by atoms with Crippen LogP contribution in [0.2, 0.25) is 0 Å². The summed E-state index contributed by atoms with van der Waals surface area (Å²) in [5, 5.41) is 3.06. The smallest absolute Gasteiger partial charge is 0.363 e. The van der Waals surface area contributed by atoms with Gasteiger partial charge in [0, 0.05) is 0 Å². The number of carbonyl (C=O) groups excluding carboxylic acids is 4. The SMILES string of the molecule is O=C(ON1C(=O)c2ccccc2C1=O)c1ccc2c(c1)C(=O)NCCO2. The molecule has 0 saturated heterocycles. The van der Waals surface area contributed by atoms with E-state index >= 15 is 0 Å². The van der Waals surface area contributed by atoms with Crippen molar-refractivity contribution in [1.82, 2.24) is 10.4 Å². The van der Waals surface area contributed by atoms with Gasteiger partial charge in [0.2, 0.25) is 0 Å². The van der Waals surface area contributed by atoms with Crippen molar-refractivity contribution in [2.75, 3.05) is 13.2 Å². The van der Waals surface area contributed by atoms with Gasteiger partial charge in [-0.2, -0.15) is 0 Å². The molecule has 2 aliphatic rings. The largest absolute Gasteiger partial charge is 0.491 e. The summed E-state index contributed by atoms with van der Waals surface area (Å²) < 4.78 is 5.41. The molecule has 0 atom stereocenters. The third-order valence-corrected chi connectivity index (χ3v) is 4.04. The minimum absolute atomic E-state index is 0.0148. The van der Waals surface area contributed by atoms with Crippen LogP contribution in [0.5, 0.6) is 5.75 Å². The Morgan fingerprint density at radius 1 is 1.00 bits per heavy atom. The van der Waals surface area contributed by atoms with Crippen LogP contribution in [0.15, 0.2) is 42.5 Å². The van der Waals surface area contributed by atoms with Gasteiger partial charge in [0.05, 0.1) is 28.8 Å². The number of benzene rings is 2. The number of hydrogen-bond acceptors (Lipinski definition) is 6. The fourth-order valence-corrected chi connectivity index (χ4v) is 2.77. The molecule has 0 bridgehead atoms. The Kier molecular flexibility index (Phi) is 3.65. The molecule has 26 heavy (non-hydrogen) atoms. The number of nitrogens with one attached hydrogen (secondary N) is 1. The highest BCUT2D eigenvalue weighted by molar-refractivity contribution is 6.21. The summed E-state index contributed by atoms with van der Waals surface area (Å²) in [5.41, 5.74) is 0.528. The molecular weight excluding hydrogens is 340 g/mol. The molecule has 2 aromatic carbocycles. The Labute approximate surface area is 147 Å². The van der Waals surface area contributed by atoms with Gasteiger partial charge in [-0.1, -0.05) is 17.2 Å². The quantitative estimate of drug-likeness (QED) is 0.814. The van der Waals surface area contributed by atoms with Crippen LogP contribution in [0.3, 0.4) is 0 Å². The highest BCUT2D eigenvalue weighted by Crippen LogP contribution is 2.25. The van der Waals surface area contributed by atoms with Crippen molar-refractivity contribution in [2.24, 2.45) is 0 Å². The lowest BCUT2D eigenvalue weighted by molar-refractivity contribution is -0.0584. The Morgan fingerprint density at radius 3 is 2.38 bits per heavy atom. The van der Waals surface area contributed by atoms with Crippen molar-refractivity contribution in [2.45, 2.75) is 0 Å². The summed E-state index contributed by atoms with van der Waals surface area (Å²) >= 11 is 0. The molecule has 0 unspecified atom stereocenters. The molecule has 0 radical (unpaired) electrons. The molecule has 130 valence electrons. The first-order valence-electron chi connectivity index (χ1n) is 7.81. The zero-order valence-corrected chi connectivity index (χ0v) is 13.4. The van der Waals surface area contributed by atoms with Gasteiger partial charge in [-0.05, 0) is 30.3 Å². The summed E-state index contributed by atoms with van der Waals surface area (Å²) in [4.78, 5) is 53.9. The molecule has 4 rings (SSSR count). The van der Waals surface area contributed by atoms with Crippen LogP contribution >= 0.6 is 0 Å². The molecular formula is C18H12N2O6. The summed E-state index contributed by atoms with van der Waals surface area (Å²) in [6.45, 7) is 0.667. The van der Waals surface area contributed by atoms with Crippen LogP contribution in [0.4, 0.5) is 0 Å². The van der Waals surface area contributed by atoms with Crippen molar-refractivity contribution < 1.29 is 28.8 Å². The molecule has 0 fully saturated rings. The third kappa shape index (κ3) is 2.48. The minimum atomic E-state index is -0.931. The Balaban J connectivity index is 1.59. The van der Waals surface area contributed by atoms with Crippen molar-refractivity contribution in [3.05, 3.63) is 64.7 Å². The minimum Gasteiger partial charge on any atom is -0.491 e. The molecule has 1 N–H and O–H groups in total. The normalized spacial score (nSPS) is 15.5. The van der Waals surface area contributed by atoms with Crippen LogP contribution in [0.25, 0.3) is 0 Å². The predicted molar refractivity (Wildman–Crippen MR) is 86.6 cm³/mol. The monoisotopic (exact) mass is 352 g/mol. The van der Waals surface area contributed by atoms with Gasteiger partial charge >= 0.3 is 5.97 Å². The maximum atomic E-state index is 12.4. The maximum absolute atomic E-state index is 12.4. The van der Waals surface area contributed by atoms with E-state index in [0.29, 0.717) is 24.0 Å². The number of hydrogen-bond donors (Lipinski definition) is 1. The second kappa shape index (κ2) is 5.99. The second-order valence-corrected chi connectivity index (χ2v) is 5.64. The van der Waals surface area contributed by atoms with Gasteiger partial charge in [0.1, 0.15) is 12.4 Å². The molecule has 0 aromatic heterocycles. The van der Waals surface area contributed by atoms with Gasteiger partial charge in [0.15, 0.2) is 0 Å². The lowest BCUT2D eigenvalue weighted by Gasteiger charge is -2.13.